The van der Waals surface area contributed by atoms with Gasteiger partial charge in [0.15, 0.2) is 17.9 Å². The van der Waals surface area contributed by atoms with Gasteiger partial charge in [-0.3, -0.25) is 72.5 Å². The molecule has 11 atom stereocenters. The van der Waals surface area contributed by atoms with Gasteiger partial charge in [0.25, 0.3) is 0 Å². The molecule has 0 aliphatic carbocycles. The maximum absolute atomic E-state index is 14.6. The van der Waals surface area contributed by atoms with Crippen molar-refractivity contribution in [2.24, 2.45) is 66.9 Å². The van der Waals surface area contributed by atoms with Crippen LogP contribution in [-0.4, -0.2) is 203 Å². The minimum atomic E-state index is -1.47. The molecule has 0 saturated carbocycles. The third-order valence-electron chi connectivity index (χ3n) is 14.4. The average molecular weight is 1350 g/mol. The third kappa shape index (κ3) is 29.6. The van der Waals surface area contributed by atoms with Crippen LogP contribution in [0.2, 0.25) is 0 Å². The van der Waals surface area contributed by atoms with Crippen LogP contribution in [0.1, 0.15) is 112 Å². The minimum absolute atomic E-state index is 0.00683. The van der Waals surface area contributed by atoms with Gasteiger partial charge in [-0.25, -0.2) is 0 Å². The summed E-state index contributed by atoms with van der Waals surface area (Å²) in [6.07, 6.45) is 0.979. The van der Waals surface area contributed by atoms with Gasteiger partial charge in [-0.15, -0.1) is 0 Å². The highest BCUT2D eigenvalue weighted by molar-refractivity contribution is 7.80. The van der Waals surface area contributed by atoms with Gasteiger partial charge in [0.05, 0.1) is 0 Å². The van der Waals surface area contributed by atoms with Crippen LogP contribution in [0, 0.1) is 11.8 Å². The number of rotatable bonds is 40. The summed E-state index contributed by atoms with van der Waals surface area (Å²) in [7, 11) is 0. The molecule has 1 aliphatic rings. The Morgan fingerprint density at radius 3 is 1.40 bits per heavy atom. The summed E-state index contributed by atoms with van der Waals surface area (Å²) < 4.78 is 0. The van der Waals surface area contributed by atoms with Gasteiger partial charge in [0.2, 0.25) is 70.9 Å². The summed E-state index contributed by atoms with van der Waals surface area (Å²) >= 11 is 8.29. The lowest BCUT2D eigenvalue weighted by Gasteiger charge is -2.31. The van der Waals surface area contributed by atoms with Crippen molar-refractivity contribution in [3.8, 4) is 5.75 Å². The van der Waals surface area contributed by atoms with E-state index < -0.39 is 143 Å². The van der Waals surface area contributed by atoms with Gasteiger partial charge >= 0.3 is 0 Å². The van der Waals surface area contributed by atoms with Gasteiger partial charge in [-0.2, -0.15) is 25.3 Å². The first-order valence-electron chi connectivity index (χ1n) is 30.5. The number of amides is 12. The van der Waals surface area contributed by atoms with Crippen molar-refractivity contribution in [1.82, 2.24) is 58.1 Å². The van der Waals surface area contributed by atoms with Crippen LogP contribution >= 0.6 is 25.3 Å². The maximum Gasteiger partial charge on any atom is 0.245 e. The van der Waals surface area contributed by atoms with E-state index in [9.17, 15) is 62.6 Å². The van der Waals surface area contributed by atoms with Crippen LogP contribution in [-0.2, 0) is 64.0 Å². The number of benzene rings is 1. The number of nitrogens with two attached hydrogens (primary N) is 7. The third-order valence-corrected chi connectivity index (χ3v) is 15.1. The van der Waals surface area contributed by atoms with Crippen molar-refractivity contribution < 1.29 is 62.6 Å². The highest BCUT2D eigenvalue weighted by Gasteiger charge is 2.40. The quantitative estimate of drug-likeness (QED) is 0.0126. The van der Waals surface area contributed by atoms with E-state index in [1.54, 1.807) is 27.7 Å². The molecule has 1 heterocycles. The number of hydrogen-bond donors (Lipinski definition) is 20. The van der Waals surface area contributed by atoms with Crippen LogP contribution in [0.15, 0.2) is 39.2 Å². The van der Waals surface area contributed by atoms with Crippen LogP contribution in [0.25, 0.3) is 0 Å². The first-order valence-corrected chi connectivity index (χ1v) is 31.7. The molecule has 0 radical (unpaired) electrons. The molecule has 1 aromatic rings. The zero-order valence-corrected chi connectivity index (χ0v) is 55.5. The molecule has 0 unspecified atom stereocenters. The summed E-state index contributed by atoms with van der Waals surface area (Å²) in [6.45, 7) is 11.0. The SMILES string of the molecule is CC(=O)N[C@@H](CCCN=C(N)N)C(=O)N[C@@H](CS)C(=O)N[C@@H](C)C(=O)N[C@@H](CC(C)C)C(=O)N[C@H](C)C(=O)N[C@@H](CCCN=C(N)N)C(=O)N[C@H](C(=O)N[C@@H](Cc1ccc(O)cc1)C(=O)N[C@@H](CCCN=C(N)N)C(=O)N1CCC[C@H]1C(=O)N[C@@H](CS)C(N)=O)C(C)C. The second-order valence-electron chi connectivity index (χ2n) is 23.1. The fourth-order valence-electron chi connectivity index (χ4n) is 9.45. The minimum Gasteiger partial charge on any atom is -0.508 e. The smallest absolute Gasteiger partial charge is 0.245 e. The molecular formula is C57H97N21O13S2. The average Bonchev–Trinajstić information content (AvgIpc) is 1.83. The number of phenolic OH excluding ortho intramolecular Hbond substituents is 1. The summed E-state index contributed by atoms with van der Waals surface area (Å²) in [5.74, 6) is -11.3. The number of likely N-dealkylation sites (tertiary alicyclic amines) is 1. The highest BCUT2D eigenvalue weighted by atomic mass is 32.1. The van der Waals surface area contributed by atoms with E-state index in [1.807, 2.05) is 0 Å². The Balaban J connectivity index is 2.40. The number of carbonyl (C=O) groups excluding carboxylic acids is 12. The molecule has 0 spiro atoms. The molecular weight excluding hydrogens is 1250 g/mol. The summed E-state index contributed by atoms with van der Waals surface area (Å²) in [5, 5.41) is 36.0. The van der Waals surface area contributed by atoms with Crippen molar-refractivity contribution in [2.75, 3.05) is 37.7 Å². The molecule has 1 saturated heterocycles. The Kier molecular flexibility index (Phi) is 35.3. The number of guanidine groups is 3. The zero-order valence-electron chi connectivity index (χ0n) is 53.7. The topological polar surface area (TPSA) is 568 Å². The Hall–Kier alpha value is -8.83. The zero-order chi connectivity index (χ0) is 70.2. The lowest BCUT2D eigenvalue weighted by atomic mass is 9.99. The molecule has 25 N–H and O–H groups in total. The molecule has 34 nitrogen and oxygen atoms in total. The van der Waals surface area contributed by atoms with E-state index in [0.29, 0.717) is 18.4 Å². The van der Waals surface area contributed by atoms with Gasteiger partial charge in [0.1, 0.15) is 72.2 Å². The van der Waals surface area contributed by atoms with Gasteiger partial charge in [0, 0.05) is 51.0 Å². The number of primary amides is 1. The van der Waals surface area contributed by atoms with Crippen molar-refractivity contribution in [1.29, 1.82) is 0 Å². The predicted molar refractivity (Wildman–Crippen MR) is 354 cm³/mol. The lowest BCUT2D eigenvalue weighted by Crippen LogP contribution is -2.61. The van der Waals surface area contributed by atoms with E-state index in [1.165, 1.54) is 49.9 Å². The number of carbonyl (C=O) groups is 12. The molecule has 1 aromatic carbocycles. The van der Waals surface area contributed by atoms with Crippen molar-refractivity contribution in [2.45, 2.75) is 179 Å². The Morgan fingerprint density at radius 1 is 0.516 bits per heavy atom. The molecule has 93 heavy (non-hydrogen) atoms. The fraction of sp³-hybridized carbons (Fsp3) is 0.632. The van der Waals surface area contributed by atoms with E-state index in [-0.39, 0.29) is 119 Å². The van der Waals surface area contributed by atoms with Crippen molar-refractivity contribution >= 4 is 114 Å². The normalized spacial score (nSPS) is 15.9. The van der Waals surface area contributed by atoms with Crippen LogP contribution in [0.5, 0.6) is 5.75 Å². The lowest BCUT2D eigenvalue weighted by molar-refractivity contribution is -0.142. The number of hydrogen-bond acceptors (Lipinski definition) is 18. The van der Waals surface area contributed by atoms with E-state index in [0.717, 1.165) is 0 Å². The summed E-state index contributed by atoms with van der Waals surface area (Å²) in [4.78, 5) is 177. The first-order chi connectivity index (χ1) is 43.7. The second-order valence-corrected chi connectivity index (χ2v) is 23.8. The van der Waals surface area contributed by atoms with Crippen LogP contribution < -0.4 is 93.3 Å². The Bertz CT molecular complexity index is 2820. The molecule has 520 valence electrons. The standard InChI is InChI=1S/C57H97N21O13S2/c1-28(2)24-38(73-46(83)31(6)69-51(88)41(27-93)76-47(84)35(70-32(7)79)12-8-20-65-55(59)60)49(86)68-30(5)45(82)71-36(13-9-21-66-56(61)62)48(85)77-43(29(3)4)53(90)74-39(25-33-16-18-34(80)19-17-33)50(87)72-37(14-10-22-67-57(63)64)54(91)78-23-11-15-42(78)52(89)75-40(26-92)44(58)81/h16-19,28-31,35-43,80,92-93H,8-15,20-27H2,1-7H3,(H2,58,81)(H,68,86)(H,69,88)(H,70,79)(H,71,82)(H,72,87)(H,73,83)(H,74,90)(H,75,89)(H,76,84)(H,77,85)(H4,59,60,65)(H4,61,62,66)(H4,63,64,67)/t30-,31+,35+,36+,37+,38+,39+,40+,41+,42+,43+/m1/s1. The molecule has 36 heteroatoms. The van der Waals surface area contributed by atoms with E-state index >= 15 is 0 Å². The molecule has 2 rings (SSSR count). The van der Waals surface area contributed by atoms with Crippen molar-refractivity contribution in [3.63, 3.8) is 0 Å². The number of nitrogens with one attached hydrogen (secondary N) is 10. The van der Waals surface area contributed by atoms with E-state index in [4.69, 9.17) is 40.1 Å². The largest absolute Gasteiger partial charge is 0.508 e. The monoisotopic (exact) mass is 1350 g/mol. The Morgan fingerprint density at radius 2 is 0.935 bits per heavy atom. The molecule has 0 aromatic heterocycles. The summed E-state index contributed by atoms with van der Waals surface area (Å²) in [6, 6.07) is -8.32. The maximum atomic E-state index is 14.6. The number of phenols is 1. The van der Waals surface area contributed by atoms with Gasteiger partial charge in [-0.05, 0) is 101 Å². The Labute approximate surface area is 551 Å². The van der Waals surface area contributed by atoms with Crippen LogP contribution in [0.3, 0.4) is 0 Å². The number of nitrogens with zero attached hydrogens (tertiary/aromatic N) is 4. The second kappa shape index (κ2) is 40.9. The fourth-order valence-corrected chi connectivity index (χ4v) is 9.98. The van der Waals surface area contributed by atoms with Crippen LogP contribution in [0.4, 0.5) is 0 Å². The van der Waals surface area contributed by atoms with Crippen molar-refractivity contribution in [3.05, 3.63) is 29.8 Å². The predicted octanol–water partition coefficient (Wildman–Crippen LogP) is -5.96. The van der Waals surface area contributed by atoms with E-state index in [2.05, 4.69) is 93.4 Å². The molecule has 1 fully saturated rings. The first kappa shape index (κ1) is 80.3. The van der Waals surface area contributed by atoms with Gasteiger partial charge < -0.3 is 103 Å². The number of thiol groups is 2. The molecule has 1 aliphatic heterocycles. The molecule has 0 bridgehead atoms. The van der Waals surface area contributed by atoms with Gasteiger partial charge in [-0.1, -0.05) is 39.8 Å². The number of aromatic hydroxyl groups is 1. The number of aliphatic imine (C=N–C) groups is 3. The highest BCUT2D eigenvalue weighted by Crippen LogP contribution is 2.21. The molecule has 12 amide bonds. The summed E-state index contributed by atoms with van der Waals surface area (Å²) in [5.41, 5.74) is 38.8.